The van der Waals surface area contributed by atoms with E-state index in [1.54, 1.807) is 0 Å². The Morgan fingerprint density at radius 2 is 1.11 bits per heavy atom. The predicted molar refractivity (Wildman–Crippen MR) is 80.2 cm³/mol. The van der Waals surface area contributed by atoms with Crippen molar-refractivity contribution in [2.45, 2.75) is 27.7 Å². The maximum atomic E-state index is 4.89. The summed E-state index contributed by atoms with van der Waals surface area (Å²) >= 11 is -0.556. The molecule has 0 nitrogen and oxygen atoms in total. The van der Waals surface area contributed by atoms with Crippen molar-refractivity contribution in [2.24, 2.45) is 11.8 Å². The molecule has 2 saturated carbocycles. The van der Waals surface area contributed by atoms with E-state index in [2.05, 4.69) is 66.2 Å². The summed E-state index contributed by atoms with van der Waals surface area (Å²) in [5.41, 5.74) is 0. The van der Waals surface area contributed by atoms with E-state index in [0.717, 1.165) is 0 Å². The van der Waals surface area contributed by atoms with Gasteiger partial charge in [0.25, 0.3) is 0 Å². The Balaban J connectivity index is 0.000000550. The van der Waals surface area contributed by atoms with Crippen LogP contribution in [0.4, 0.5) is 0 Å². The molecule has 0 N–H and O–H groups in total. The molecule has 10 radical (unpaired) electrons. The van der Waals surface area contributed by atoms with Crippen LogP contribution in [0.15, 0.2) is 0 Å². The average molecular weight is 331 g/mol. The van der Waals surface area contributed by atoms with Gasteiger partial charge in [0.2, 0.25) is 0 Å². The zero-order valence-corrected chi connectivity index (χ0v) is 14.9. The third-order valence-electron chi connectivity index (χ3n) is 3.67. The second-order valence-corrected chi connectivity index (χ2v) is 7.67. The van der Waals surface area contributed by atoms with Crippen molar-refractivity contribution in [2.75, 3.05) is 0 Å². The molecule has 2 rings (SSSR count). The molecule has 0 aromatic heterocycles. The fourth-order valence-electron chi connectivity index (χ4n) is 2.32. The standard InChI is InChI=1S/C16H20.2ClH.Ti/c1-11-5-7-15(9-11)13(3)14(4)16-8-6-12(2)10-16;;;/h5-10,13-14H,1-4H3;2*1H;/q;;;+2/p-2/t13-,14+;;;. The number of rotatable bonds is 3. The quantitative estimate of drug-likeness (QED) is 0.622. The summed E-state index contributed by atoms with van der Waals surface area (Å²) in [5.74, 6) is 6.85. The van der Waals surface area contributed by atoms with Crippen LogP contribution >= 0.6 is 18.6 Å². The molecule has 0 saturated heterocycles. The van der Waals surface area contributed by atoms with Crippen LogP contribution in [0.5, 0.6) is 0 Å². The van der Waals surface area contributed by atoms with Gasteiger partial charge in [-0.2, -0.15) is 0 Å². The summed E-state index contributed by atoms with van der Waals surface area (Å²) in [5, 5.41) is 0. The molecule has 0 aromatic carbocycles. The van der Waals surface area contributed by atoms with Crippen molar-refractivity contribution in [3.8, 4) is 0 Å². The molecule has 0 heterocycles. The van der Waals surface area contributed by atoms with E-state index in [0.29, 0.717) is 11.8 Å². The summed E-state index contributed by atoms with van der Waals surface area (Å²) in [4.78, 5) is 0. The first-order chi connectivity index (χ1) is 8.99. The van der Waals surface area contributed by atoms with Crippen LogP contribution in [0.1, 0.15) is 27.7 Å². The Labute approximate surface area is 137 Å². The van der Waals surface area contributed by atoms with Crippen molar-refractivity contribution >= 4 is 18.6 Å². The molecule has 2 fully saturated rings. The van der Waals surface area contributed by atoms with Crippen molar-refractivity contribution in [3.05, 3.63) is 62.2 Å². The summed E-state index contributed by atoms with van der Waals surface area (Å²) in [6.45, 7) is 8.96. The van der Waals surface area contributed by atoms with Gasteiger partial charge in [-0.15, -0.1) is 0 Å². The molecule has 0 unspecified atom stereocenters. The minimum atomic E-state index is -0.556. The normalized spacial score (nSPS) is 26.0. The van der Waals surface area contributed by atoms with Crippen LogP contribution in [0, 0.1) is 74.0 Å². The molecule has 102 valence electrons. The summed E-state index contributed by atoms with van der Waals surface area (Å²) in [6.07, 6.45) is 13.5. The topological polar surface area (TPSA) is 0 Å². The van der Waals surface area contributed by atoms with E-state index in [4.69, 9.17) is 18.6 Å². The monoisotopic (exact) mass is 330 g/mol. The molecular weight excluding hydrogens is 311 g/mol. The third kappa shape index (κ3) is 5.89. The van der Waals surface area contributed by atoms with Gasteiger partial charge in [-0.25, -0.2) is 0 Å². The summed E-state index contributed by atoms with van der Waals surface area (Å²) < 4.78 is 0. The van der Waals surface area contributed by atoms with E-state index in [1.165, 1.54) is 23.7 Å². The van der Waals surface area contributed by atoms with Crippen LogP contribution in [0.25, 0.3) is 0 Å². The first kappa shape index (κ1) is 18.3. The average Bonchev–Trinajstić information content (AvgIpc) is 2.97. The molecule has 2 atom stereocenters. The molecular formula is C16H20Cl2Ti. The molecule has 0 aliphatic heterocycles. The van der Waals surface area contributed by atoms with E-state index in [-0.39, 0.29) is 0 Å². The van der Waals surface area contributed by atoms with Crippen molar-refractivity contribution in [1.29, 1.82) is 0 Å². The SMILES string of the molecule is C[C]1[CH][CH][C]([C@@H](C)[C@@H](C)[C]2[CH][CH][C](C)[CH]2)[CH]1.[Cl][Ti][Cl]. The summed E-state index contributed by atoms with van der Waals surface area (Å²) in [6, 6.07) is 0. The Kier molecular flexibility index (Phi) is 9.02. The molecule has 0 bridgehead atoms. The predicted octanol–water partition coefficient (Wildman–Crippen LogP) is 5.23. The van der Waals surface area contributed by atoms with Crippen LogP contribution in [-0.2, 0) is 17.0 Å². The Morgan fingerprint density at radius 3 is 1.32 bits per heavy atom. The number of hydrogen-bond acceptors (Lipinski definition) is 0. The first-order valence-electron chi connectivity index (χ1n) is 6.42. The van der Waals surface area contributed by atoms with Crippen molar-refractivity contribution in [1.82, 2.24) is 0 Å². The van der Waals surface area contributed by atoms with Crippen molar-refractivity contribution in [3.63, 3.8) is 0 Å². The Bertz CT molecular complexity index is 223. The second kappa shape index (κ2) is 9.34. The van der Waals surface area contributed by atoms with Gasteiger partial charge in [0, 0.05) is 0 Å². The fourth-order valence-corrected chi connectivity index (χ4v) is 2.32. The fraction of sp³-hybridized carbons (Fsp3) is 0.375. The van der Waals surface area contributed by atoms with Gasteiger partial charge in [0.1, 0.15) is 0 Å². The number of hydrogen-bond donors (Lipinski definition) is 0. The Morgan fingerprint density at radius 1 is 0.789 bits per heavy atom. The number of halogens is 2. The van der Waals surface area contributed by atoms with Gasteiger partial charge < -0.3 is 0 Å². The molecule has 2 aliphatic carbocycles. The van der Waals surface area contributed by atoms with Crippen LogP contribution in [0.2, 0.25) is 0 Å². The van der Waals surface area contributed by atoms with Gasteiger partial charge in [-0.05, 0) is 74.0 Å². The van der Waals surface area contributed by atoms with E-state index >= 15 is 0 Å². The van der Waals surface area contributed by atoms with Gasteiger partial charge in [-0.3, -0.25) is 0 Å². The zero-order chi connectivity index (χ0) is 14.4. The van der Waals surface area contributed by atoms with E-state index in [9.17, 15) is 0 Å². The molecule has 0 aromatic rings. The molecule has 2 aliphatic rings. The maximum absolute atomic E-state index is 4.89. The summed E-state index contributed by atoms with van der Waals surface area (Å²) in [7, 11) is 9.78. The zero-order valence-electron chi connectivity index (χ0n) is 11.9. The van der Waals surface area contributed by atoms with E-state index in [1.807, 2.05) is 0 Å². The molecule has 0 amide bonds. The second-order valence-electron chi connectivity index (χ2n) is 5.09. The molecule has 0 spiro atoms. The van der Waals surface area contributed by atoms with Gasteiger partial charge in [-0.1, -0.05) is 27.7 Å². The van der Waals surface area contributed by atoms with Crippen molar-refractivity contribution < 1.29 is 17.0 Å². The van der Waals surface area contributed by atoms with Gasteiger partial charge in [0.05, 0.1) is 0 Å². The van der Waals surface area contributed by atoms with Crippen LogP contribution in [0.3, 0.4) is 0 Å². The molecule has 19 heavy (non-hydrogen) atoms. The Hall–Kier alpha value is 1.29. The third-order valence-corrected chi connectivity index (χ3v) is 3.67. The van der Waals surface area contributed by atoms with Gasteiger partial charge in [0.15, 0.2) is 0 Å². The van der Waals surface area contributed by atoms with E-state index < -0.39 is 17.0 Å². The first-order valence-corrected chi connectivity index (χ1v) is 10.7. The van der Waals surface area contributed by atoms with Gasteiger partial charge >= 0.3 is 35.6 Å². The van der Waals surface area contributed by atoms with Crippen LogP contribution < -0.4 is 0 Å². The molecule has 3 heteroatoms. The minimum absolute atomic E-state index is 0.556. The van der Waals surface area contributed by atoms with Crippen LogP contribution in [-0.4, -0.2) is 0 Å².